The van der Waals surface area contributed by atoms with Crippen molar-refractivity contribution in [3.8, 4) is 11.5 Å². The van der Waals surface area contributed by atoms with Crippen molar-refractivity contribution in [3.63, 3.8) is 0 Å². The summed E-state index contributed by atoms with van der Waals surface area (Å²) in [6.45, 7) is 4.32. The first kappa shape index (κ1) is 20.0. The van der Waals surface area contributed by atoms with E-state index in [-0.39, 0.29) is 18.1 Å². The van der Waals surface area contributed by atoms with Crippen LogP contribution in [0.3, 0.4) is 0 Å². The Kier molecular flexibility index (Phi) is 6.08. The van der Waals surface area contributed by atoms with Gasteiger partial charge in [-0.05, 0) is 37.9 Å². The minimum absolute atomic E-state index is 0.171. The van der Waals surface area contributed by atoms with Gasteiger partial charge < -0.3 is 24.5 Å². The van der Waals surface area contributed by atoms with E-state index in [1.54, 1.807) is 12.1 Å². The van der Waals surface area contributed by atoms with Crippen molar-refractivity contribution in [1.29, 1.82) is 0 Å². The van der Waals surface area contributed by atoms with Crippen LogP contribution in [0.2, 0.25) is 0 Å². The highest BCUT2D eigenvalue weighted by atomic mass is 16.5. The van der Waals surface area contributed by atoms with Gasteiger partial charge in [0, 0.05) is 11.5 Å². The van der Waals surface area contributed by atoms with Crippen LogP contribution in [0, 0.1) is 5.92 Å². The fourth-order valence-electron chi connectivity index (χ4n) is 3.51. The molecule has 152 valence electrons. The van der Waals surface area contributed by atoms with Crippen LogP contribution >= 0.6 is 0 Å². The minimum Gasteiger partial charge on any atom is -0.493 e. The van der Waals surface area contributed by atoms with Gasteiger partial charge in [0.2, 0.25) is 5.91 Å². The molecule has 2 N–H and O–H groups in total. The van der Waals surface area contributed by atoms with E-state index in [2.05, 4.69) is 22.1 Å². The molecule has 0 atom stereocenters. The molecule has 0 radical (unpaired) electrons. The Morgan fingerprint density at radius 1 is 1.14 bits per heavy atom. The molecule has 1 aromatic heterocycles. The van der Waals surface area contributed by atoms with Gasteiger partial charge in [0.05, 0.1) is 39.1 Å². The molecule has 1 aromatic carbocycles. The topological polar surface area (TPSA) is 92.9 Å². The molecular weight excluding hydrogens is 362 g/mol. The third-order valence-electron chi connectivity index (χ3n) is 5.20. The molecule has 0 aliphatic carbocycles. The molecule has 8 heteroatoms. The van der Waals surface area contributed by atoms with Gasteiger partial charge in [-0.3, -0.25) is 9.69 Å². The normalized spacial score (nSPS) is 15.4. The van der Waals surface area contributed by atoms with Crippen LogP contribution in [0.1, 0.15) is 30.3 Å². The number of nitrogens with one attached hydrogen (secondary N) is 2. The average Bonchev–Trinajstić information content (AvgIpc) is 3.05. The van der Waals surface area contributed by atoms with E-state index in [9.17, 15) is 9.59 Å². The Morgan fingerprint density at radius 2 is 1.79 bits per heavy atom. The van der Waals surface area contributed by atoms with Gasteiger partial charge in [0.15, 0.2) is 11.5 Å². The van der Waals surface area contributed by atoms with E-state index >= 15 is 0 Å². The Bertz CT molecular complexity index is 868. The number of likely N-dealkylation sites (tertiary alicyclic amines) is 1. The highest BCUT2D eigenvalue weighted by molar-refractivity contribution is 6.11. The number of benzene rings is 1. The van der Waals surface area contributed by atoms with Crippen molar-refractivity contribution >= 4 is 28.5 Å². The molecule has 3 rings (SSSR count). The number of carbonyl (C=O) groups excluding carboxylic acids is 2. The number of aromatic nitrogens is 1. The molecule has 1 aliphatic rings. The monoisotopic (exact) mass is 389 g/mol. The van der Waals surface area contributed by atoms with Crippen LogP contribution in [0.25, 0.3) is 10.9 Å². The summed E-state index contributed by atoms with van der Waals surface area (Å²) in [5, 5.41) is 3.54. The van der Waals surface area contributed by atoms with Crippen LogP contribution in [0.4, 0.5) is 5.69 Å². The third kappa shape index (κ3) is 4.06. The van der Waals surface area contributed by atoms with Gasteiger partial charge in [0.1, 0.15) is 5.69 Å². The van der Waals surface area contributed by atoms with Crippen LogP contribution in [0.15, 0.2) is 12.1 Å². The van der Waals surface area contributed by atoms with Crippen molar-refractivity contribution in [1.82, 2.24) is 9.88 Å². The molecule has 0 unspecified atom stereocenters. The second kappa shape index (κ2) is 8.52. The number of carbonyl (C=O) groups is 2. The lowest BCUT2D eigenvalue weighted by Crippen LogP contribution is -2.38. The number of anilines is 1. The van der Waals surface area contributed by atoms with Crippen molar-refractivity contribution in [3.05, 3.63) is 17.8 Å². The molecule has 1 aliphatic heterocycles. The van der Waals surface area contributed by atoms with Gasteiger partial charge >= 0.3 is 5.97 Å². The zero-order chi connectivity index (χ0) is 20.3. The first-order valence-corrected chi connectivity index (χ1v) is 9.35. The van der Waals surface area contributed by atoms with E-state index in [1.165, 1.54) is 21.3 Å². The second-order valence-corrected chi connectivity index (χ2v) is 7.13. The molecule has 0 spiro atoms. The number of hydrogen-bond donors (Lipinski definition) is 2. The van der Waals surface area contributed by atoms with Gasteiger partial charge in [-0.25, -0.2) is 4.79 Å². The van der Waals surface area contributed by atoms with Gasteiger partial charge in [-0.1, -0.05) is 6.92 Å². The highest BCUT2D eigenvalue weighted by Crippen LogP contribution is 2.37. The molecule has 1 fully saturated rings. The summed E-state index contributed by atoms with van der Waals surface area (Å²) in [4.78, 5) is 30.1. The molecule has 2 heterocycles. The van der Waals surface area contributed by atoms with Gasteiger partial charge in [-0.2, -0.15) is 0 Å². The van der Waals surface area contributed by atoms with E-state index in [0.29, 0.717) is 34.0 Å². The van der Waals surface area contributed by atoms with Crippen LogP contribution in [-0.4, -0.2) is 62.7 Å². The Hall–Kier alpha value is -2.74. The Morgan fingerprint density at radius 3 is 2.39 bits per heavy atom. The lowest BCUT2D eigenvalue weighted by Gasteiger charge is -2.29. The van der Waals surface area contributed by atoms with Crippen LogP contribution in [-0.2, 0) is 9.53 Å². The standard InChI is InChI=1S/C20H27N3O5/c1-12-5-7-23(8-6-12)11-17(24)22-18-13-9-15(26-2)16(27-3)10-14(13)21-19(18)20(25)28-4/h9-10,12,21H,5-8,11H2,1-4H3,(H,22,24). The summed E-state index contributed by atoms with van der Waals surface area (Å²) in [6, 6.07) is 3.46. The number of aromatic amines is 1. The van der Waals surface area contributed by atoms with Gasteiger partial charge in [-0.15, -0.1) is 0 Å². The molecular formula is C20H27N3O5. The van der Waals surface area contributed by atoms with Crippen LogP contribution < -0.4 is 14.8 Å². The summed E-state index contributed by atoms with van der Waals surface area (Å²) in [7, 11) is 4.37. The number of ether oxygens (including phenoxy) is 3. The van der Waals surface area contributed by atoms with Crippen molar-refractivity contribution < 1.29 is 23.8 Å². The van der Waals surface area contributed by atoms with Crippen molar-refractivity contribution in [2.45, 2.75) is 19.8 Å². The fraction of sp³-hybridized carbons (Fsp3) is 0.500. The summed E-state index contributed by atoms with van der Waals surface area (Å²) >= 11 is 0. The Balaban J connectivity index is 1.91. The molecule has 28 heavy (non-hydrogen) atoms. The maximum atomic E-state index is 12.7. The maximum Gasteiger partial charge on any atom is 0.356 e. The maximum absolute atomic E-state index is 12.7. The predicted octanol–water partition coefficient (Wildman–Crippen LogP) is 2.64. The number of nitrogens with zero attached hydrogens (tertiary/aromatic N) is 1. The van der Waals surface area contributed by atoms with Gasteiger partial charge in [0.25, 0.3) is 0 Å². The third-order valence-corrected chi connectivity index (χ3v) is 5.20. The lowest BCUT2D eigenvalue weighted by molar-refractivity contribution is -0.117. The smallest absolute Gasteiger partial charge is 0.356 e. The second-order valence-electron chi connectivity index (χ2n) is 7.13. The number of piperidine rings is 1. The SMILES string of the molecule is COC(=O)c1[nH]c2cc(OC)c(OC)cc2c1NC(=O)CN1CCC(C)CC1. The molecule has 0 bridgehead atoms. The zero-order valence-corrected chi connectivity index (χ0v) is 16.8. The lowest BCUT2D eigenvalue weighted by atomic mass is 9.99. The fourth-order valence-corrected chi connectivity index (χ4v) is 3.51. The van der Waals surface area contributed by atoms with E-state index in [4.69, 9.17) is 14.2 Å². The summed E-state index contributed by atoms with van der Waals surface area (Å²) < 4.78 is 15.5. The number of H-pyrrole nitrogens is 1. The first-order valence-electron chi connectivity index (χ1n) is 9.35. The zero-order valence-electron chi connectivity index (χ0n) is 16.8. The molecule has 1 saturated heterocycles. The quantitative estimate of drug-likeness (QED) is 0.738. The highest BCUT2D eigenvalue weighted by Gasteiger charge is 2.24. The molecule has 0 saturated carbocycles. The largest absolute Gasteiger partial charge is 0.493 e. The molecule has 1 amide bonds. The average molecular weight is 389 g/mol. The van der Waals surface area contributed by atoms with Crippen LogP contribution in [0.5, 0.6) is 11.5 Å². The minimum atomic E-state index is -0.559. The number of amides is 1. The number of rotatable bonds is 6. The number of esters is 1. The number of hydrogen-bond acceptors (Lipinski definition) is 6. The Labute approximate surface area is 164 Å². The summed E-state index contributed by atoms with van der Waals surface area (Å²) in [6.07, 6.45) is 2.18. The summed E-state index contributed by atoms with van der Waals surface area (Å²) in [5.74, 6) is 0.992. The van der Waals surface area contributed by atoms with Crippen molar-refractivity contribution in [2.24, 2.45) is 5.92 Å². The van der Waals surface area contributed by atoms with E-state index < -0.39 is 5.97 Å². The predicted molar refractivity (Wildman–Crippen MR) is 106 cm³/mol. The van der Waals surface area contributed by atoms with Crippen molar-refractivity contribution in [2.75, 3.05) is 46.3 Å². The number of methoxy groups -OCH3 is 3. The first-order chi connectivity index (χ1) is 13.5. The molecule has 8 nitrogen and oxygen atoms in total. The van der Waals surface area contributed by atoms with E-state index in [0.717, 1.165) is 25.9 Å². The van der Waals surface area contributed by atoms with E-state index in [1.807, 2.05) is 0 Å². The summed E-state index contributed by atoms with van der Waals surface area (Å²) in [5.41, 5.74) is 1.21. The number of fused-ring (bicyclic) bond motifs is 1. The molecule has 2 aromatic rings.